The third-order valence-corrected chi connectivity index (χ3v) is 2.57. The predicted octanol–water partition coefficient (Wildman–Crippen LogP) is 1.66. The highest BCUT2D eigenvalue weighted by atomic mass is 16.5. The maximum absolute atomic E-state index is 4.97. The number of methoxy groups -OCH3 is 1. The minimum absolute atomic E-state index is 0.741. The van der Waals surface area contributed by atoms with E-state index in [2.05, 4.69) is 41.3 Å². The molecule has 1 N–H and O–H groups in total. The molecule has 0 aliphatic rings. The Hall–Kier alpha value is -1.13. The van der Waals surface area contributed by atoms with Gasteiger partial charge in [0.1, 0.15) is 5.82 Å². The van der Waals surface area contributed by atoms with Crippen molar-refractivity contribution in [1.82, 2.24) is 10.3 Å². The fraction of sp³-hybridized carbons (Fsp3) is 0.615. The van der Waals surface area contributed by atoms with Crippen molar-refractivity contribution in [2.45, 2.75) is 19.9 Å². The van der Waals surface area contributed by atoms with Gasteiger partial charge in [-0.15, -0.1) is 0 Å². The molecule has 0 bridgehead atoms. The van der Waals surface area contributed by atoms with Crippen LogP contribution in [0.1, 0.15) is 18.9 Å². The summed E-state index contributed by atoms with van der Waals surface area (Å²) in [4.78, 5) is 6.62. The average molecular weight is 237 g/mol. The summed E-state index contributed by atoms with van der Waals surface area (Å²) < 4.78 is 4.97. The van der Waals surface area contributed by atoms with Gasteiger partial charge >= 0.3 is 0 Å². The van der Waals surface area contributed by atoms with Crippen molar-refractivity contribution in [3.63, 3.8) is 0 Å². The number of anilines is 1. The van der Waals surface area contributed by atoms with Crippen molar-refractivity contribution >= 4 is 5.82 Å². The summed E-state index contributed by atoms with van der Waals surface area (Å²) in [6.45, 7) is 5.66. The van der Waals surface area contributed by atoms with Crippen LogP contribution in [0.3, 0.4) is 0 Å². The number of rotatable bonds is 8. The van der Waals surface area contributed by atoms with E-state index in [0.717, 1.165) is 38.5 Å². The van der Waals surface area contributed by atoms with Crippen LogP contribution in [0.4, 0.5) is 5.82 Å². The summed E-state index contributed by atoms with van der Waals surface area (Å²) in [7, 11) is 3.78. The fourth-order valence-electron chi connectivity index (χ4n) is 1.60. The molecule has 96 valence electrons. The Morgan fingerprint density at radius 2 is 2.24 bits per heavy atom. The zero-order valence-corrected chi connectivity index (χ0v) is 11.1. The van der Waals surface area contributed by atoms with Crippen LogP contribution in [0.25, 0.3) is 0 Å². The molecule has 1 heterocycles. The molecular formula is C13H23N3O. The first-order valence-corrected chi connectivity index (χ1v) is 6.13. The number of pyridine rings is 1. The first kappa shape index (κ1) is 13.9. The number of aromatic nitrogens is 1. The van der Waals surface area contributed by atoms with Gasteiger partial charge in [-0.1, -0.05) is 13.0 Å². The first-order chi connectivity index (χ1) is 8.27. The Bertz CT molecular complexity index is 300. The molecule has 1 aromatic heterocycles. The summed E-state index contributed by atoms with van der Waals surface area (Å²) in [6, 6.07) is 4.19. The van der Waals surface area contributed by atoms with Crippen LogP contribution < -0.4 is 10.2 Å². The lowest BCUT2D eigenvalue weighted by Gasteiger charge is -2.17. The average Bonchev–Trinajstić information content (AvgIpc) is 2.36. The zero-order chi connectivity index (χ0) is 12.5. The topological polar surface area (TPSA) is 37.4 Å². The van der Waals surface area contributed by atoms with E-state index in [1.54, 1.807) is 7.11 Å². The molecule has 0 amide bonds. The van der Waals surface area contributed by atoms with Crippen molar-refractivity contribution in [2.75, 3.05) is 38.8 Å². The standard InChI is InChI=1S/C13H23N3O/c1-4-8-16(2)13-6-5-12(11-15-13)10-14-7-9-17-3/h5-6,11,14H,4,7-10H2,1-3H3. The van der Waals surface area contributed by atoms with E-state index in [-0.39, 0.29) is 0 Å². The molecule has 0 saturated heterocycles. The highest BCUT2D eigenvalue weighted by Gasteiger charge is 2.00. The van der Waals surface area contributed by atoms with Gasteiger partial charge in [-0.25, -0.2) is 4.98 Å². The largest absolute Gasteiger partial charge is 0.383 e. The number of nitrogens with one attached hydrogen (secondary N) is 1. The van der Waals surface area contributed by atoms with Crippen LogP contribution in [-0.4, -0.2) is 38.8 Å². The molecule has 4 heteroatoms. The summed E-state index contributed by atoms with van der Waals surface area (Å²) in [5.74, 6) is 1.03. The molecule has 0 aromatic carbocycles. The zero-order valence-electron chi connectivity index (χ0n) is 11.1. The third kappa shape index (κ3) is 5.15. The monoisotopic (exact) mass is 237 g/mol. The van der Waals surface area contributed by atoms with Crippen LogP contribution in [0.15, 0.2) is 18.3 Å². The molecule has 1 aromatic rings. The van der Waals surface area contributed by atoms with E-state index in [1.165, 1.54) is 5.56 Å². The van der Waals surface area contributed by atoms with Crippen molar-refractivity contribution in [3.8, 4) is 0 Å². The van der Waals surface area contributed by atoms with Crippen LogP contribution in [0, 0.1) is 0 Å². The SMILES string of the molecule is CCCN(C)c1ccc(CNCCOC)cn1. The molecule has 0 atom stereocenters. The van der Waals surface area contributed by atoms with Gasteiger partial charge in [-0.05, 0) is 18.1 Å². The highest BCUT2D eigenvalue weighted by molar-refractivity contribution is 5.38. The molecule has 0 aliphatic carbocycles. The van der Waals surface area contributed by atoms with E-state index in [1.807, 2.05) is 6.20 Å². The van der Waals surface area contributed by atoms with E-state index >= 15 is 0 Å². The molecule has 4 nitrogen and oxygen atoms in total. The Morgan fingerprint density at radius 3 is 2.82 bits per heavy atom. The number of hydrogen-bond donors (Lipinski definition) is 1. The maximum atomic E-state index is 4.97. The molecule has 0 aliphatic heterocycles. The molecular weight excluding hydrogens is 214 g/mol. The van der Waals surface area contributed by atoms with Gasteiger partial charge in [0, 0.05) is 40.0 Å². The van der Waals surface area contributed by atoms with Gasteiger partial charge in [0.15, 0.2) is 0 Å². The van der Waals surface area contributed by atoms with E-state index in [9.17, 15) is 0 Å². The molecule has 0 unspecified atom stereocenters. The Morgan fingerprint density at radius 1 is 1.41 bits per heavy atom. The summed E-state index contributed by atoms with van der Waals surface area (Å²) in [5, 5.41) is 3.30. The van der Waals surface area contributed by atoms with Crippen molar-refractivity contribution in [2.24, 2.45) is 0 Å². The Balaban J connectivity index is 2.39. The quantitative estimate of drug-likeness (QED) is 0.698. The van der Waals surface area contributed by atoms with Crippen molar-refractivity contribution < 1.29 is 4.74 Å². The predicted molar refractivity (Wildman–Crippen MR) is 71.4 cm³/mol. The summed E-state index contributed by atoms with van der Waals surface area (Å²) in [5.41, 5.74) is 1.20. The van der Waals surface area contributed by atoms with Gasteiger partial charge < -0.3 is 15.0 Å². The van der Waals surface area contributed by atoms with Gasteiger partial charge in [0.25, 0.3) is 0 Å². The normalized spacial score (nSPS) is 10.5. The number of nitrogens with zero attached hydrogens (tertiary/aromatic N) is 2. The lowest BCUT2D eigenvalue weighted by Crippen LogP contribution is -2.20. The van der Waals surface area contributed by atoms with E-state index in [0.29, 0.717) is 0 Å². The smallest absolute Gasteiger partial charge is 0.128 e. The lowest BCUT2D eigenvalue weighted by atomic mass is 10.2. The number of ether oxygens (including phenoxy) is 1. The first-order valence-electron chi connectivity index (χ1n) is 6.13. The molecule has 0 spiro atoms. The van der Waals surface area contributed by atoms with Gasteiger partial charge in [-0.3, -0.25) is 0 Å². The second-order valence-corrected chi connectivity index (χ2v) is 4.12. The highest BCUT2D eigenvalue weighted by Crippen LogP contribution is 2.09. The summed E-state index contributed by atoms with van der Waals surface area (Å²) in [6.07, 6.45) is 3.07. The molecule has 0 radical (unpaired) electrons. The van der Waals surface area contributed by atoms with Crippen LogP contribution in [0.5, 0.6) is 0 Å². The summed E-state index contributed by atoms with van der Waals surface area (Å²) >= 11 is 0. The molecule has 1 rings (SSSR count). The maximum Gasteiger partial charge on any atom is 0.128 e. The fourth-order valence-corrected chi connectivity index (χ4v) is 1.60. The minimum atomic E-state index is 0.741. The van der Waals surface area contributed by atoms with Crippen LogP contribution in [-0.2, 0) is 11.3 Å². The van der Waals surface area contributed by atoms with Gasteiger partial charge in [0.05, 0.1) is 6.61 Å². The Labute approximate surface area is 104 Å². The van der Waals surface area contributed by atoms with Gasteiger partial charge in [0.2, 0.25) is 0 Å². The number of hydrogen-bond acceptors (Lipinski definition) is 4. The molecule has 17 heavy (non-hydrogen) atoms. The van der Waals surface area contributed by atoms with Crippen molar-refractivity contribution in [1.29, 1.82) is 0 Å². The van der Waals surface area contributed by atoms with Crippen molar-refractivity contribution in [3.05, 3.63) is 23.9 Å². The lowest BCUT2D eigenvalue weighted by molar-refractivity contribution is 0.199. The minimum Gasteiger partial charge on any atom is -0.383 e. The van der Waals surface area contributed by atoms with E-state index < -0.39 is 0 Å². The van der Waals surface area contributed by atoms with Crippen LogP contribution in [0.2, 0.25) is 0 Å². The second-order valence-electron chi connectivity index (χ2n) is 4.12. The van der Waals surface area contributed by atoms with Gasteiger partial charge in [-0.2, -0.15) is 0 Å². The van der Waals surface area contributed by atoms with E-state index in [4.69, 9.17) is 4.74 Å². The van der Waals surface area contributed by atoms with Crippen LogP contribution >= 0.6 is 0 Å². The Kier molecular flexibility index (Phi) is 6.58. The molecule has 0 saturated carbocycles. The second kappa shape index (κ2) is 8.03. The molecule has 0 fully saturated rings. The third-order valence-electron chi connectivity index (χ3n) is 2.57.